The van der Waals surface area contributed by atoms with Crippen LogP contribution in [0.2, 0.25) is 0 Å². The van der Waals surface area contributed by atoms with E-state index >= 15 is 0 Å². The standard InChI is InChI=1S/C16H13N5O2S/c1-22-12-6-5-10(8-11(12)20-16(24-2)19-9-17)15-21-14-13(23-15)4-3-7-18-14/h3-8H,1-2H3,(H,19,20). The molecular weight excluding hydrogens is 326 g/mol. The van der Waals surface area contributed by atoms with Crippen LogP contribution < -0.4 is 10.1 Å². The number of aromatic nitrogens is 2. The summed E-state index contributed by atoms with van der Waals surface area (Å²) < 4.78 is 11.1. The first-order chi connectivity index (χ1) is 11.7. The molecule has 0 radical (unpaired) electrons. The predicted octanol–water partition coefficient (Wildman–Crippen LogP) is 3.32. The maximum absolute atomic E-state index is 8.77. The molecule has 0 fully saturated rings. The Morgan fingerprint density at radius 3 is 3.00 bits per heavy atom. The number of amidine groups is 1. The highest BCUT2D eigenvalue weighted by molar-refractivity contribution is 8.13. The summed E-state index contributed by atoms with van der Waals surface area (Å²) in [5.74, 6) is 1.03. The van der Waals surface area contributed by atoms with Crippen LogP contribution in [-0.4, -0.2) is 28.5 Å². The first-order valence-electron chi connectivity index (χ1n) is 6.93. The summed E-state index contributed by atoms with van der Waals surface area (Å²) >= 11 is 1.33. The van der Waals surface area contributed by atoms with Crippen molar-refractivity contribution < 1.29 is 9.15 Å². The first kappa shape index (κ1) is 15.8. The molecule has 0 saturated heterocycles. The Labute approximate surface area is 142 Å². The number of hydrogen-bond donors (Lipinski definition) is 1. The lowest BCUT2D eigenvalue weighted by molar-refractivity contribution is 0.416. The highest BCUT2D eigenvalue weighted by atomic mass is 32.2. The van der Waals surface area contributed by atoms with Gasteiger partial charge in [0.25, 0.3) is 0 Å². The van der Waals surface area contributed by atoms with Gasteiger partial charge in [0, 0.05) is 11.8 Å². The van der Waals surface area contributed by atoms with Crippen LogP contribution in [0.1, 0.15) is 0 Å². The van der Waals surface area contributed by atoms with E-state index in [4.69, 9.17) is 14.4 Å². The van der Waals surface area contributed by atoms with E-state index in [2.05, 4.69) is 20.3 Å². The van der Waals surface area contributed by atoms with Gasteiger partial charge in [-0.05, 0) is 36.6 Å². The third kappa shape index (κ3) is 3.16. The maximum atomic E-state index is 8.77. The van der Waals surface area contributed by atoms with Gasteiger partial charge in [0.2, 0.25) is 5.89 Å². The molecule has 0 aliphatic rings. The molecule has 120 valence electrons. The molecule has 1 aromatic carbocycles. The van der Waals surface area contributed by atoms with E-state index in [-0.39, 0.29) is 0 Å². The van der Waals surface area contributed by atoms with Crippen molar-refractivity contribution in [3.8, 4) is 23.4 Å². The Kier molecular flexibility index (Phi) is 4.63. The lowest BCUT2D eigenvalue weighted by Crippen LogP contribution is -2.12. The molecule has 0 bridgehead atoms. The van der Waals surface area contributed by atoms with Crippen LogP contribution >= 0.6 is 11.8 Å². The lowest BCUT2D eigenvalue weighted by Gasteiger charge is -2.07. The number of benzene rings is 1. The average molecular weight is 339 g/mol. The van der Waals surface area contributed by atoms with E-state index in [1.807, 2.05) is 24.6 Å². The highest BCUT2D eigenvalue weighted by Crippen LogP contribution is 2.33. The fraction of sp³-hybridized carbons (Fsp3) is 0.125. The third-order valence-electron chi connectivity index (χ3n) is 3.17. The minimum Gasteiger partial charge on any atom is -0.494 e. The number of fused-ring (bicyclic) bond motifs is 1. The normalized spacial score (nSPS) is 11.3. The number of ether oxygens (including phenoxy) is 1. The SMILES string of the molecule is COc1ccc(-c2nc3ncccc3o2)cc1N=C(NC#N)SC. The van der Waals surface area contributed by atoms with Crippen molar-refractivity contribution in [2.75, 3.05) is 13.4 Å². The van der Waals surface area contributed by atoms with Gasteiger partial charge in [-0.25, -0.2) is 9.98 Å². The minimum absolute atomic E-state index is 0.446. The third-order valence-corrected chi connectivity index (χ3v) is 3.75. The van der Waals surface area contributed by atoms with E-state index in [1.54, 1.807) is 31.5 Å². The molecule has 2 aromatic heterocycles. The zero-order valence-electron chi connectivity index (χ0n) is 13.0. The molecule has 0 aliphatic heterocycles. The summed E-state index contributed by atoms with van der Waals surface area (Å²) in [6.07, 6.45) is 5.35. The highest BCUT2D eigenvalue weighted by Gasteiger charge is 2.12. The predicted molar refractivity (Wildman–Crippen MR) is 93.2 cm³/mol. The first-order valence-corrected chi connectivity index (χ1v) is 8.15. The van der Waals surface area contributed by atoms with Crippen molar-refractivity contribution in [3.05, 3.63) is 36.5 Å². The summed E-state index contributed by atoms with van der Waals surface area (Å²) in [5.41, 5.74) is 2.47. The molecule has 2 heterocycles. The summed E-state index contributed by atoms with van der Waals surface area (Å²) in [4.78, 5) is 13.0. The largest absolute Gasteiger partial charge is 0.494 e. The maximum Gasteiger partial charge on any atom is 0.228 e. The van der Waals surface area contributed by atoms with E-state index < -0.39 is 0 Å². The summed E-state index contributed by atoms with van der Waals surface area (Å²) in [7, 11) is 1.56. The van der Waals surface area contributed by atoms with E-state index in [0.717, 1.165) is 5.56 Å². The van der Waals surface area contributed by atoms with E-state index in [9.17, 15) is 0 Å². The molecule has 24 heavy (non-hydrogen) atoms. The number of thioether (sulfide) groups is 1. The Hall–Kier alpha value is -3.05. The minimum atomic E-state index is 0.446. The molecule has 0 amide bonds. The van der Waals surface area contributed by atoms with Crippen LogP contribution in [0.4, 0.5) is 5.69 Å². The van der Waals surface area contributed by atoms with E-state index in [0.29, 0.717) is 33.7 Å². The van der Waals surface area contributed by atoms with Crippen molar-refractivity contribution in [1.82, 2.24) is 15.3 Å². The fourth-order valence-electron chi connectivity index (χ4n) is 2.08. The molecule has 8 heteroatoms. The molecule has 7 nitrogen and oxygen atoms in total. The van der Waals surface area contributed by atoms with Crippen LogP contribution in [0, 0.1) is 11.5 Å². The van der Waals surface area contributed by atoms with Crippen molar-refractivity contribution in [2.24, 2.45) is 4.99 Å². The van der Waals surface area contributed by atoms with Crippen LogP contribution in [0.25, 0.3) is 22.7 Å². The zero-order valence-corrected chi connectivity index (χ0v) is 13.8. The molecule has 0 atom stereocenters. The van der Waals surface area contributed by atoms with Crippen LogP contribution in [0.5, 0.6) is 5.75 Å². The number of nitrogens with zero attached hydrogens (tertiary/aromatic N) is 4. The van der Waals surface area contributed by atoms with Crippen LogP contribution in [0.3, 0.4) is 0 Å². The molecule has 3 aromatic rings. The molecule has 0 aliphatic carbocycles. The van der Waals surface area contributed by atoms with Crippen molar-refractivity contribution in [2.45, 2.75) is 0 Å². The Morgan fingerprint density at radius 2 is 2.29 bits per heavy atom. The summed E-state index contributed by atoms with van der Waals surface area (Å²) in [6, 6.07) is 9.00. The van der Waals surface area contributed by atoms with Crippen LogP contribution in [-0.2, 0) is 0 Å². The van der Waals surface area contributed by atoms with Gasteiger partial charge in [-0.3, -0.25) is 5.32 Å². The summed E-state index contributed by atoms with van der Waals surface area (Å²) in [6.45, 7) is 0. The Bertz CT molecular complexity index is 912. The molecule has 3 rings (SSSR count). The number of nitriles is 1. The number of oxazole rings is 1. The number of nitrogens with one attached hydrogen (secondary N) is 1. The van der Waals surface area contributed by atoms with Crippen LogP contribution in [0.15, 0.2) is 45.9 Å². The van der Waals surface area contributed by atoms with Gasteiger partial charge in [-0.15, -0.1) is 0 Å². The lowest BCUT2D eigenvalue weighted by atomic mass is 10.2. The number of hydrogen-bond acceptors (Lipinski definition) is 7. The monoisotopic (exact) mass is 339 g/mol. The second-order valence-corrected chi connectivity index (χ2v) is 5.38. The quantitative estimate of drug-likeness (QED) is 0.338. The number of methoxy groups -OCH3 is 1. The van der Waals surface area contributed by atoms with Gasteiger partial charge in [-0.2, -0.15) is 10.2 Å². The number of pyridine rings is 1. The Balaban J connectivity index is 2.07. The topological polar surface area (TPSA) is 96.3 Å². The van der Waals surface area contributed by atoms with Crippen molar-refractivity contribution in [1.29, 1.82) is 5.26 Å². The molecule has 0 unspecified atom stereocenters. The zero-order chi connectivity index (χ0) is 16.9. The number of aliphatic imine (C=N–C) groups is 1. The van der Waals surface area contributed by atoms with Gasteiger partial charge < -0.3 is 9.15 Å². The van der Waals surface area contributed by atoms with E-state index in [1.165, 1.54) is 11.8 Å². The van der Waals surface area contributed by atoms with Gasteiger partial charge in [0.15, 0.2) is 22.6 Å². The number of rotatable bonds is 3. The van der Waals surface area contributed by atoms with Gasteiger partial charge in [0.1, 0.15) is 11.4 Å². The molecule has 1 N–H and O–H groups in total. The van der Waals surface area contributed by atoms with Crippen molar-refractivity contribution >= 4 is 33.8 Å². The summed E-state index contributed by atoms with van der Waals surface area (Å²) in [5, 5.41) is 11.8. The van der Waals surface area contributed by atoms with Gasteiger partial charge >= 0.3 is 0 Å². The van der Waals surface area contributed by atoms with Crippen molar-refractivity contribution in [3.63, 3.8) is 0 Å². The second kappa shape index (κ2) is 7.02. The smallest absolute Gasteiger partial charge is 0.228 e. The molecular formula is C16H13N5O2S. The Morgan fingerprint density at radius 1 is 1.42 bits per heavy atom. The fourth-order valence-corrected chi connectivity index (χ4v) is 2.42. The average Bonchev–Trinajstić information content (AvgIpc) is 3.05. The van der Waals surface area contributed by atoms with Gasteiger partial charge in [0.05, 0.1) is 7.11 Å². The second-order valence-electron chi connectivity index (χ2n) is 4.59. The molecule has 0 saturated carbocycles. The molecule has 0 spiro atoms. The van der Waals surface area contributed by atoms with Gasteiger partial charge in [-0.1, -0.05) is 11.8 Å².